The van der Waals surface area contributed by atoms with Gasteiger partial charge in [-0.15, -0.1) is 11.3 Å². The zero-order valence-corrected chi connectivity index (χ0v) is 14.5. The molecule has 0 bridgehead atoms. The van der Waals surface area contributed by atoms with Crippen LogP contribution in [0, 0.1) is 17.1 Å². The number of nitriles is 1. The number of thiophene rings is 1. The van der Waals surface area contributed by atoms with Crippen LogP contribution < -0.4 is 5.32 Å². The van der Waals surface area contributed by atoms with Crippen molar-refractivity contribution >= 4 is 45.9 Å². The van der Waals surface area contributed by atoms with E-state index in [1.54, 1.807) is 11.4 Å². The van der Waals surface area contributed by atoms with Gasteiger partial charge in [0.2, 0.25) is 0 Å². The third kappa shape index (κ3) is 5.14. The first-order valence-corrected chi connectivity index (χ1v) is 8.28. The van der Waals surface area contributed by atoms with Gasteiger partial charge in [-0.25, -0.2) is 9.18 Å². The van der Waals surface area contributed by atoms with Crippen LogP contribution in [0.2, 0.25) is 5.02 Å². The lowest BCUT2D eigenvalue weighted by atomic mass is 10.2. The van der Waals surface area contributed by atoms with Gasteiger partial charge in [-0.2, -0.15) is 5.26 Å². The number of esters is 1. The number of anilines is 1. The number of ether oxygens (including phenoxy) is 1. The molecule has 5 nitrogen and oxygen atoms in total. The van der Waals surface area contributed by atoms with Crippen LogP contribution in [0.4, 0.5) is 9.39 Å². The van der Waals surface area contributed by atoms with Gasteiger partial charge >= 0.3 is 5.97 Å². The standard InChI is InChI=1S/C17H12ClFN2O3S/c1-10(16(23)21-17-12(9-20)6-7-25-17)24-15(22)5-3-11-2-4-14(19)13(18)8-11/h2-8,10H,1H3,(H,21,23)/b5-3+/t10-/m0/s1. The Balaban J connectivity index is 1.93. The molecule has 1 heterocycles. The summed E-state index contributed by atoms with van der Waals surface area (Å²) in [7, 11) is 0. The van der Waals surface area contributed by atoms with Crippen LogP contribution in [0.15, 0.2) is 35.7 Å². The molecule has 0 aliphatic rings. The van der Waals surface area contributed by atoms with Crippen molar-refractivity contribution in [1.29, 1.82) is 5.26 Å². The van der Waals surface area contributed by atoms with E-state index < -0.39 is 23.8 Å². The summed E-state index contributed by atoms with van der Waals surface area (Å²) < 4.78 is 18.0. The van der Waals surface area contributed by atoms with Crippen molar-refractivity contribution in [2.45, 2.75) is 13.0 Å². The molecule has 1 amide bonds. The number of hydrogen-bond acceptors (Lipinski definition) is 5. The lowest BCUT2D eigenvalue weighted by Crippen LogP contribution is -2.29. The molecule has 8 heteroatoms. The van der Waals surface area contributed by atoms with Crippen molar-refractivity contribution in [2.24, 2.45) is 0 Å². The van der Waals surface area contributed by atoms with Crippen molar-refractivity contribution in [3.8, 4) is 6.07 Å². The molecule has 0 radical (unpaired) electrons. The maximum atomic E-state index is 13.1. The van der Waals surface area contributed by atoms with Crippen LogP contribution in [0.5, 0.6) is 0 Å². The fourth-order valence-electron chi connectivity index (χ4n) is 1.75. The van der Waals surface area contributed by atoms with Gasteiger partial charge in [0.25, 0.3) is 5.91 Å². The second kappa shape index (κ2) is 8.42. The van der Waals surface area contributed by atoms with Gasteiger partial charge in [0.1, 0.15) is 16.9 Å². The molecule has 1 aromatic heterocycles. The smallest absolute Gasteiger partial charge is 0.331 e. The van der Waals surface area contributed by atoms with Crippen molar-refractivity contribution in [1.82, 2.24) is 0 Å². The number of benzene rings is 1. The molecule has 1 atom stereocenters. The van der Waals surface area contributed by atoms with E-state index >= 15 is 0 Å². The Morgan fingerprint density at radius 2 is 2.20 bits per heavy atom. The average molecular weight is 379 g/mol. The zero-order valence-electron chi connectivity index (χ0n) is 13.0. The minimum absolute atomic E-state index is 0.0625. The lowest BCUT2D eigenvalue weighted by Gasteiger charge is -2.11. The number of nitrogens with one attached hydrogen (secondary N) is 1. The number of halogens is 2. The number of carbonyl (C=O) groups excluding carboxylic acids is 2. The summed E-state index contributed by atoms with van der Waals surface area (Å²) in [4.78, 5) is 23.8. The monoisotopic (exact) mass is 378 g/mol. The summed E-state index contributed by atoms with van der Waals surface area (Å²) >= 11 is 6.84. The minimum atomic E-state index is -1.05. The largest absolute Gasteiger partial charge is 0.449 e. The number of rotatable bonds is 5. The normalized spacial score (nSPS) is 11.8. The van der Waals surface area contributed by atoms with E-state index in [0.717, 1.165) is 6.08 Å². The number of hydrogen-bond donors (Lipinski definition) is 1. The van der Waals surface area contributed by atoms with Gasteiger partial charge in [0, 0.05) is 6.08 Å². The van der Waals surface area contributed by atoms with Crippen molar-refractivity contribution in [3.05, 3.63) is 57.7 Å². The molecule has 2 aromatic rings. The van der Waals surface area contributed by atoms with Gasteiger partial charge in [-0.3, -0.25) is 4.79 Å². The fraction of sp³-hybridized carbons (Fsp3) is 0.118. The summed E-state index contributed by atoms with van der Waals surface area (Å²) in [6.07, 6.45) is 1.45. The summed E-state index contributed by atoms with van der Waals surface area (Å²) in [5, 5.41) is 13.4. The molecule has 0 aliphatic heterocycles. The van der Waals surface area contributed by atoms with Gasteiger partial charge in [0.05, 0.1) is 10.6 Å². The van der Waals surface area contributed by atoms with Crippen LogP contribution in [-0.2, 0) is 14.3 Å². The highest BCUT2D eigenvalue weighted by molar-refractivity contribution is 7.14. The predicted molar refractivity (Wildman–Crippen MR) is 93.7 cm³/mol. The molecule has 25 heavy (non-hydrogen) atoms. The summed E-state index contributed by atoms with van der Waals surface area (Å²) in [6, 6.07) is 7.51. The summed E-state index contributed by atoms with van der Waals surface area (Å²) in [5.74, 6) is -1.85. The molecule has 1 aromatic carbocycles. The van der Waals surface area contributed by atoms with Gasteiger partial charge in [-0.05, 0) is 42.1 Å². The molecular formula is C17H12ClFN2O3S. The topological polar surface area (TPSA) is 79.2 Å². The van der Waals surface area contributed by atoms with Gasteiger partial charge in [-0.1, -0.05) is 17.7 Å². The van der Waals surface area contributed by atoms with Crippen molar-refractivity contribution < 1.29 is 18.7 Å². The van der Waals surface area contributed by atoms with Crippen molar-refractivity contribution in [3.63, 3.8) is 0 Å². The Kier molecular flexibility index (Phi) is 6.28. The molecule has 2 rings (SSSR count). The van der Waals surface area contributed by atoms with Crippen molar-refractivity contribution in [2.75, 3.05) is 5.32 Å². The molecule has 0 fully saturated rings. The Morgan fingerprint density at radius 3 is 2.88 bits per heavy atom. The minimum Gasteiger partial charge on any atom is -0.449 e. The molecule has 0 saturated heterocycles. The molecule has 0 spiro atoms. The Bertz CT molecular complexity index is 873. The molecule has 0 saturated carbocycles. The first kappa shape index (κ1) is 18.6. The Labute approximate surface area is 152 Å². The van der Waals surface area contributed by atoms with E-state index in [2.05, 4.69) is 5.32 Å². The molecule has 0 aliphatic carbocycles. The van der Waals surface area contributed by atoms with E-state index in [1.807, 2.05) is 6.07 Å². The second-order valence-corrected chi connectivity index (χ2v) is 6.17. The Hall–Kier alpha value is -2.69. The molecular weight excluding hydrogens is 367 g/mol. The highest BCUT2D eigenvalue weighted by atomic mass is 35.5. The Morgan fingerprint density at radius 1 is 1.44 bits per heavy atom. The first-order valence-electron chi connectivity index (χ1n) is 7.03. The third-order valence-electron chi connectivity index (χ3n) is 3.04. The average Bonchev–Trinajstić information content (AvgIpc) is 3.03. The van der Waals surface area contributed by atoms with Crippen LogP contribution in [0.25, 0.3) is 6.08 Å². The fourth-order valence-corrected chi connectivity index (χ4v) is 2.68. The SMILES string of the molecule is C[C@H](OC(=O)/C=C/c1ccc(F)c(Cl)c1)C(=O)Nc1sccc1C#N. The highest BCUT2D eigenvalue weighted by Gasteiger charge is 2.18. The van der Waals surface area contributed by atoms with Crippen LogP contribution in [0.1, 0.15) is 18.1 Å². The third-order valence-corrected chi connectivity index (χ3v) is 4.16. The van der Waals surface area contributed by atoms with E-state index in [9.17, 15) is 14.0 Å². The van der Waals surface area contributed by atoms with Crippen LogP contribution in [-0.4, -0.2) is 18.0 Å². The highest BCUT2D eigenvalue weighted by Crippen LogP contribution is 2.22. The summed E-state index contributed by atoms with van der Waals surface area (Å²) in [5.41, 5.74) is 0.850. The van der Waals surface area contributed by atoms with Crippen LogP contribution >= 0.6 is 22.9 Å². The van der Waals surface area contributed by atoms with Gasteiger partial charge < -0.3 is 10.1 Å². The zero-order chi connectivity index (χ0) is 18.4. The number of amides is 1. The molecule has 128 valence electrons. The lowest BCUT2D eigenvalue weighted by molar-refractivity contribution is -0.148. The summed E-state index contributed by atoms with van der Waals surface area (Å²) in [6.45, 7) is 1.41. The second-order valence-electron chi connectivity index (χ2n) is 4.85. The number of nitrogens with zero attached hydrogens (tertiary/aromatic N) is 1. The van der Waals surface area contributed by atoms with E-state index in [-0.39, 0.29) is 5.02 Å². The van der Waals surface area contributed by atoms with Crippen LogP contribution in [0.3, 0.4) is 0 Å². The molecule has 0 unspecified atom stereocenters. The number of carbonyl (C=O) groups is 2. The predicted octanol–water partition coefficient (Wildman–Crippen LogP) is 4.00. The van der Waals surface area contributed by atoms with E-state index in [1.165, 1.54) is 42.5 Å². The maximum Gasteiger partial charge on any atom is 0.331 e. The maximum absolute atomic E-state index is 13.1. The molecule has 1 N–H and O–H groups in total. The first-order chi connectivity index (χ1) is 11.9. The van der Waals surface area contributed by atoms with E-state index in [4.69, 9.17) is 21.6 Å². The van der Waals surface area contributed by atoms with E-state index in [0.29, 0.717) is 16.1 Å². The van der Waals surface area contributed by atoms with Gasteiger partial charge in [0.15, 0.2) is 6.10 Å². The quantitative estimate of drug-likeness (QED) is 0.630.